The van der Waals surface area contributed by atoms with Gasteiger partial charge in [0.2, 0.25) is 11.1 Å². The lowest BCUT2D eigenvalue weighted by Crippen LogP contribution is -2.27. The number of benzene rings is 2. The van der Waals surface area contributed by atoms with Gasteiger partial charge in [-0.3, -0.25) is 4.79 Å². The second kappa shape index (κ2) is 7.57. The number of nitrogens with zero attached hydrogens (tertiary/aromatic N) is 4. The highest BCUT2D eigenvalue weighted by molar-refractivity contribution is 8.00. The van der Waals surface area contributed by atoms with Crippen molar-refractivity contribution in [3.05, 3.63) is 66.0 Å². The molecule has 1 amide bonds. The summed E-state index contributed by atoms with van der Waals surface area (Å²) in [5.74, 6) is 6.11. The van der Waals surface area contributed by atoms with Gasteiger partial charge in [-0.1, -0.05) is 42.1 Å². The lowest BCUT2D eigenvalue weighted by molar-refractivity contribution is -0.128. The quantitative estimate of drug-likeness (QED) is 0.551. The summed E-state index contributed by atoms with van der Waals surface area (Å²) in [4.78, 5) is 14.2. The van der Waals surface area contributed by atoms with Crippen molar-refractivity contribution in [1.29, 1.82) is 0 Å². The minimum absolute atomic E-state index is 0.0764. The smallest absolute Gasteiger partial charge is 0.240 e. The van der Waals surface area contributed by atoms with Crippen molar-refractivity contribution in [2.45, 2.75) is 10.4 Å². The van der Waals surface area contributed by atoms with E-state index in [9.17, 15) is 9.18 Å². The molecule has 0 spiro atoms. The van der Waals surface area contributed by atoms with Crippen molar-refractivity contribution in [2.75, 3.05) is 19.9 Å². The number of hydrogen-bond donors (Lipinski definition) is 1. The van der Waals surface area contributed by atoms with Crippen LogP contribution in [0.4, 0.5) is 4.39 Å². The molecular formula is C18H18FN5OS. The summed E-state index contributed by atoms with van der Waals surface area (Å²) in [6.45, 7) is 0. The van der Waals surface area contributed by atoms with E-state index in [4.69, 9.17) is 5.84 Å². The average Bonchev–Trinajstić information content (AvgIpc) is 3.01. The lowest BCUT2D eigenvalue weighted by atomic mass is 10.1. The van der Waals surface area contributed by atoms with E-state index in [1.807, 2.05) is 30.3 Å². The van der Waals surface area contributed by atoms with Crippen LogP contribution >= 0.6 is 11.8 Å². The van der Waals surface area contributed by atoms with E-state index in [0.29, 0.717) is 16.5 Å². The molecule has 0 aliphatic carbocycles. The molecule has 0 saturated heterocycles. The second-order valence-corrected chi connectivity index (χ2v) is 6.90. The number of hydrogen-bond acceptors (Lipinski definition) is 5. The standard InChI is InChI=1S/C18H18FN5OS/c1-23(2)17(25)15(12-6-4-3-5-7-12)26-18-22-21-16(24(18)20)13-8-10-14(19)11-9-13/h3-11,15H,20H2,1-2H3/t15-/m1/s1. The van der Waals surface area contributed by atoms with Crippen molar-refractivity contribution in [3.63, 3.8) is 0 Å². The van der Waals surface area contributed by atoms with Crippen molar-refractivity contribution < 1.29 is 9.18 Å². The van der Waals surface area contributed by atoms with Crippen LogP contribution in [0.1, 0.15) is 10.8 Å². The van der Waals surface area contributed by atoms with E-state index >= 15 is 0 Å². The van der Waals surface area contributed by atoms with Gasteiger partial charge in [0, 0.05) is 19.7 Å². The molecule has 3 aromatic rings. The van der Waals surface area contributed by atoms with Crippen molar-refractivity contribution in [3.8, 4) is 11.4 Å². The number of nitrogen functional groups attached to an aromatic ring is 1. The van der Waals surface area contributed by atoms with Crippen LogP contribution < -0.4 is 5.84 Å². The Kier molecular flexibility index (Phi) is 5.22. The van der Waals surface area contributed by atoms with Gasteiger partial charge in [-0.15, -0.1) is 10.2 Å². The highest BCUT2D eigenvalue weighted by Crippen LogP contribution is 2.36. The van der Waals surface area contributed by atoms with Gasteiger partial charge in [-0.25, -0.2) is 9.07 Å². The molecule has 0 unspecified atom stereocenters. The SMILES string of the molecule is CN(C)C(=O)[C@H](Sc1nnc(-c2ccc(F)cc2)n1N)c1ccccc1. The molecule has 0 aliphatic heterocycles. The summed E-state index contributed by atoms with van der Waals surface area (Å²) in [7, 11) is 3.41. The zero-order valence-corrected chi connectivity index (χ0v) is 15.2. The third kappa shape index (κ3) is 3.70. The molecule has 2 aromatic carbocycles. The number of rotatable bonds is 5. The fraction of sp³-hybridized carbons (Fsp3) is 0.167. The average molecular weight is 371 g/mol. The Morgan fingerprint density at radius 1 is 1.12 bits per heavy atom. The van der Waals surface area contributed by atoms with Gasteiger partial charge in [0.15, 0.2) is 5.82 Å². The fourth-order valence-electron chi connectivity index (χ4n) is 2.38. The van der Waals surface area contributed by atoms with Gasteiger partial charge in [0.1, 0.15) is 11.1 Å². The molecule has 134 valence electrons. The number of aromatic nitrogens is 3. The minimum atomic E-state index is -0.501. The molecule has 1 aromatic heterocycles. The van der Waals surface area contributed by atoms with Gasteiger partial charge in [-0.2, -0.15) is 0 Å². The Bertz CT molecular complexity index is 896. The summed E-state index contributed by atoms with van der Waals surface area (Å²) in [6.07, 6.45) is 0. The van der Waals surface area contributed by atoms with Gasteiger partial charge in [0.05, 0.1) is 0 Å². The molecule has 6 nitrogen and oxygen atoms in total. The first-order chi connectivity index (χ1) is 12.5. The number of nitrogens with two attached hydrogens (primary N) is 1. The summed E-state index contributed by atoms with van der Waals surface area (Å²) in [6, 6.07) is 15.2. The third-order valence-corrected chi connectivity index (χ3v) is 4.96. The van der Waals surface area contributed by atoms with Crippen LogP contribution in [-0.2, 0) is 4.79 Å². The van der Waals surface area contributed by atoms with Crippen LogP contribution in [0.2, 0.25) is 0 Å². The van der Waals surface area contributed by atoms with Crippen LogP contribution in [-0.4, -0.2) is 39.8 Å². The van der Waals surface area contributed by atoms with Gasteiger partial charge in [-0.05, 0) is 29.8 Å². The van der Waals surface area contributed by atoms with Crippen molar-refractivity contribution in [2.24, 2.45) is 0 Å². The molecule has 0 radical (unpaired) electrons. The number of carbonyl (C=O) groups is 1. The van der Waals surface area contributed by atoms with E-state index in [1.165, 1.54) is 33.5 Å². The Labute approximate surface area is 154 Å². The molecule has 8 heteroatoms. The monoisotopic (exact) mass is 371 g/mol. The molecule has 0 bridgehead atoms. The second-order valence-electron chi connectivity index (χ2n) is 5.82. The van der Waals surface area contributed by atoms with Crippen LogP contribution in [0.25, 0.3) is 11.4 Å². The van der Waals surface area contributed by atoms with Crippen LogP contribution in [0.5, 0.6) is 0 Å². The Balaban J connectivity index is 1.93. The molecule has 3 rings (SSSR count). The fourth-order valence-corrected chi connectivity index (χ4v) is 3.49. The van der Waals surface area contributed by atoms with E-state index in [1.54, 1.807) is 26.2 Å². The van der Waals surface area contributed by atoms with Gasteiger partial charge >= 0.3 is 0 Å². The summed E-state index contributed by atoms with van der Waals surface area (Å²) < 4.78 is 14.4. The zero-order valence-electron chi connectivity index (χ0n) is 14.3. The third-order valence-electron chi connectivity index (χ3n) is 3.76. The lowest BCUT2D eigenvalue weighted by Gasteiger charge is -2.20. The normalized spacial score (nSPS) is 12.0. The van der Waals surface area contributed by atoms with Crippen molar-refractivity contribution in [1.82, 2.24) is 19.8 Å². The van der Waals surface area contributed by atoms with Gasteiger partial charge in [0.25, 0.3) is 0 Å². The Hall–Kier alpha value is -2.87. The predicted octanol–water partition coefficient (Wildman–Crippen LogP) is 2.72. The Morgan fingerprint density at radius 3 is 2.38 bits per heavy atom. The molecule has 2 N–H and O–H groups in total. The Morgan fingerprint density at radius 2 is 1.77 bits per heavy atom. The number of carbonyl (C=O) groups excluding carboxylic acids is 1. The zero-order chi connectivity index (χ0) is 18.7. The molecule has 1 atom stereocenters. The number of thioether (sulfide) groups is 1. The number of halogens is 1. The summed E-state index contributed by atoms with van der Waals surface area (Å²) >= 11 is 1.22. The molecule has 0 saturated carbocycles. The molecular weight excluding hydrogens is 353 g/mol. The molecule has 26 heavy (non-hydrogen) atoms. The van der Waals surface area contributed by atoms with E-state index in [2.05, 4.69) is 10.2 Å². The van der Waals surface area contributed by atoms with E-state index < -0.39 is 5.25 Å². The topological polar surface area (TPSA) is 77.0 Å². The van der Waals surface area contributed by atoms with E-state index in [-0.39, 0.29) is 11.7 Å². The first kappa shape index (κ1) is 17.9. The van der Waals surface area contributed by atoms with Crippen molar-refractivity contribution >= 4 is 17.7 Å². The summed E-state index contributed by atoms with van der Waals surface area (Å²) in [5.41, 5.74) is 1.49. The highest BCUT2D eigenvalue weighted by atomic mass is 32.2. The maximum absolute atomic E-state index is 13.1. The molecule has 0 fully saturated rings. The minimum Gasteiger partial charge on any atom is -0.348 e. The van der Waals surface area contributed by atoms with Crippen LogP contribution in [0.3, 0.4) is 0 Å². The summed E-state index contributed by atoms with van der Waals surface area (Å²) in [5, 5.41) is 8.09. The molecule has 1 heterocycles. The maximum Gasteiger partial charge on any atom is 0.240 e. The first-order valence-corrected chi connectivity index (χ1v) is 8.74. The molecule has 0 aliphatic rings. The van der Waals surface area contributed by atoms with Gasteiger partial charge < -0.3 is 10.7 Å². The number of amides is 1. The highest BCUT2D eigenvalue weighted by Gasteiger charge is 2.26. The largest absolute Gasteiger partial charge is 0.348 e. The van der Waals surface area contributed by atoms with E-state index in [0.717, 1.165) is 5.56 Å². The van der Waals surface area contributed by atoms with Crippen LogP contribution in [0.15, 0.2) is 59.8 Å². The maximum atomic E-state index is 13.1. The predicted molar refractivity (Wildman–Crippen MR) is 99.3 cm³/mol. The van der Waals surface area contributed by atoms with Crippen LogP contribution in [0, 0.1) is 5.82 Å². The number of likely N-dealkylation sites (N-methyl/N-ethyl adjacent to an activating group) is 1. The first-order valence-electron chi connectivity index (χ1n) is 7.86.